The third kappa shape index (κ3) is 3.41. The van der Waals surface area contributed by atoms with E-state index in [1.54, 1.807) is 14.2 Å². The Morgan fingerprint density at radius 2 is 1.58 bits per heavy atom. The van der Waals surface area contributed by atoms with E-state index in [1.807, 2.05) is 42.5 Å². The molecule has 0 aliphatic carbocycles. The second-order valence-corrected chi connectivity index (χ2v) is 4.70. The molecule has 0 unspecified atom stereocenters. The lowest BCUT2D eigenvalue weighted by atomic mass is 10.2. The zero-order chi connectivity index (χ0) is 13.7. The highest BCUT2D eigenvalue weighted by atomic mass is 79.9. The van der Waals surface area contributed by atoms with E-state index in [2.05, 4.69) is 15.9 Å². The molecule has 0 saturated carbocycles. The highest BCUT2D eigenvalue weighted by molar-refractivity contribution is 9.10. The van der Waals surface area contributed by atoms with Gasteiger partial charge in [0.25, 0.3) is 0 Å². The zero-order valence-corrected chi connectivity index (χ0v) is 12.4. The number of ether oxygens (including phenoxy) is 3. The van der Waals surface area contributed by atoms with Gasteiger partial charge in [0.1, 0.15) is 28.3 Å². The van der Waals surface area contributed by atoms with Gasteiger partial charge in [-0.2, -0.15) is 0 Å². The number of hydrogen-bond acceptors (Lipinski definition) is 3. The van der Waals surface area contributed by atoms with Crippen molar-refractivity contribution in [3.05, 3.63) is 52.5 Å². The Morgan fingerprint density at radius 1 is 0.895 bits per heavy atom. The molecule has 0 heterocycles. The molecule has 4 heteroatoms. The predicted octanol–water partition coefficient (Wildman–Crippen LogP) is 4.05. The van der Waals surface area contributed by atoms with Crippen molar-refractivity contribution in [1.82, 2.24) is 0 Å². The van der Waals surface area contributed by atoms with Gasteiger partial charge in [0.15, 0.2) is 0 Å². The largest absolute Gasteiger partial charge is 0.497 e. The molecule has 0 amide bonds. The molecule has 19 heavy (non-hydrogen) atoms. The summed E-state index contributed by atoms with van der Waals surface area (Å²) in [5.41, 5.74) is 1.08. The summed E-state index contributed by atoms with van der Waals surface area (Å²) in [6, 6.07) is 13.5. The van der Waals surface area contributed by atoms with Gasteiger partial charge in [-0.3, -0.25) is 0 Å². The molecule has 2 aromatic carbocycles. The van der Waals surface area contributed by atoms with Crippen molar-refractivity contribution < 1.29 is 14.2 Å². The molecule has 0 aliphatic heterocycles. The van der Waals surface area contributed by atoms with E-state index < -0.39 is 0 Å². The van der Waals surface area contributed by atoms with Crippen LogP contribution >= 0.6 is 15.9 Å². The van der Waals surface area contributed by atoms with E-state index >= 15 is 0 Å². The maximum Gasteiger partial charge on any atom is 0.137 e. The van der Waals surface area contributed by atoms with Crippen molar-refractivity contribution in [2.45, 2.75) is 6.61 Å². The number of hydrogen-bond donors (Lipinski definition) is 0. The van der Waals surface area contributed by atoms with Crippen molar-refractivity contribution in [3.63, 3.8) is 0 Å². The van der Waals surface area contributed by atoms with Crippen molar-refractivity contribution >= 4 is 15.9 Å². The molecule has 0 aromatic heterocycles. The van der Waals surface area contributed by atoms with Crippen LogP contribution in [-0.4, -0.2) is 14.2 Å². The molecule has 0 bridgehead atoms. The second kappa shape index (κ2) is 6.48. The molecule has 0 spiro atoms. The molecule has 0 fully saturated rings. The molecular formula is C15H15BrO3. The minimum absolute atomic E-state index is 0.496. The molecule has 0 N–H and O–H groups in total. The van der Waals surface area contributed by atoms with Gasteiger partial charge in [-0.15, -0.1) is 0 Å². The van der Waals surface area contributed by atoms with Crippen LogP contribution in [0.4, 0.5) is 0 Å². The minimum Gasteiger partial charge on any atom is -0.497 e. The van der Waals surface area contributed by atoms with Gasteiger partial charge in [0, 0.05) is 0 Å². The van der Waals surface area contributed by atoms with Crippen molar-refractivity contribution in [2.24, 2.45) is 0 Å². The zero-order valence-electron chi connectivity index (χ0n) is 10.9. The highest BCUT2D eigenvalue weighted by Crippen LogP contribution is 2.34. The first-order valence-corrected chi connectivity index (χ1v) is 6.62. The Balaban J connectivity index is 2.05. The average molecular weight is 323 g/mol. The summed E-state index contributed by atoms with van der Waals surface area (Å²) in [5.74, 6) is 2.36. The third-order valence-electron chi connectivity index (χ3n) is 2.70. The van der Waals surface area contributed by atoms with Crippen molar-refractivity contribution in [3.8, 4) is 17.2 Å². The fourth-order valence-corrected chi connectivity index (χ4v) is 2.18. The van der Waals surface area contributed by atoms with Gasteiger partial charge in [-0.25, -0.2) is 0 Å². The van der Waals surface area contributed by atoms with Gasteiger partial charge in [0.2, 0.25) is 0 Å². The SMILES string of the molecule is COc1ccc(COc2cccc(OC)c2Br)cc1. The standard InChI is InChI=1S/C15H15BrO3/c1-17-12-8-6-11(7-9-12)10-19-14-5-3-4-13(18-2)15(14)16/h3-9H,10H2,1-2H3. The molecule has 0 atom stereocenters. The fraction of sp³-hybridized carbons (Fsp3) is 0.200. The van der Waals surface area contributed by atoms with Crippen molar-refractivity contribution in [2.75, 3.05) is 14.2 Å². The van der Waals surface area contributed by atoms with Crippen LogP contribution in [-0.2, 0) is 6.61 Å². The molecule has 0 radical (unpaired) electrons. The van der Waals surface area contributed by atoms with Crippen LogP contribution in [0.15, 0.2) is 46.9 Å². The third-order valence-corrected chi connectivity index (χ3v) is 3.48. The van der Waals surface area contributed by atoms with E-state index in [0.29, 0.717) is 6.61 Å². The summed E-state index contributed by atoms with van der Waals surface area (Å²) in [5, 5.41) is 0. The second-order valence-electron chi connectivity index (χ2n) is 3.91. The van der Waals surface area contributed by atoms with Gasteiger partial charge in [-0.05, 0) is 45.8 Å². The minimum atomic E-state index is 0.496. The molecule has 0 saturated heterocycles. The topological polar surface area (TPSA) is 27.7 Å². The highest BCUT2D eigenvalue weighted by Gasteiger charge is 2.07. The van der Waals surface area contributed by atoms with Crippen LogP contribution in [0.2, 0.25) is 0 Å². The molecule has 2 aromatic rings. The van der Waals surface area contributed by atoms with E-state index in [4.69, 9.17) is 14.2 Å². The summed E-state index contributed by atoms with van der Waals surface area (Å²) in [7, 11) is 3.28. The molecule has 2 rings (SSSR count). The lowest BCUT2D eigenvalue weighted by Crippen LogP contribution is -1.97. The molecule has 100 valence electrons. The predicted molar refractivity (Wildman–Crippen MR) is 78.0 cm³/mol. The average Bonchev–Trinajstić information content (AvgIpc) is 2.47. The summed E-state index contributed by atoms with van der Waals surface area (Å²) >= 11 is 3.47. The van der Waals surface area contributed by atoms with Crippen LogP contribution in [0.5, 0.6) is 17.2 Å². The molecular weight excluding hydrogens is 308 g/mol. The summed E-state index contributed by atoms with van der Waals surface area (Å²) < 4.78 is 16.9. The van der Waals surface area contributed by atoms with Crippen LogP contribution < -0.4 is 14.2 Å². The Morgan fingerprint density at radius 3 is 2.21 bits per heavy atom. The maximum absolute atomic E-state index is 5.77. The van der Waals surface area contributed by atoms with E-state index in [1.165, 1.54) is 0 Å². The van der Waals surface area contributed by atoms with Gasteiger partial charge < -0.3 is 14.2 Å². The Labute approximate surface area is 121 Å². The number of halogens is 1. The first-order valence-electron chi connectivity index (χ1n) is 5.83. The molecule has 3 nitrogen and oxygen atoms in total. The van der Waals surface area contributed by atoms with E-state index in [9.17, 15) is 0 Å². The lowest BCUT2D eigenvalue weighted by molar-refractivity contribution is 0.301. The quantitative estimate of drug-likeness (QED) is 0.831. The van der Waals surface area contributed by atoms with Crippen LogP contribution in [0, 0.1) is 0 Å². The van der Waals surface area contributed by atoms with E-state index in [0.717, 1.165) is 27.3 Å². The normalized spacial score (nSPS) is 10.1. The molecule has 0 aliphatic rings. The maximum atomic E-state index is 5.77. The van der Waals surface area contributed by atoms with Crippen LogP contribution in [0.3, 0.4) is 0 Å². The van der Waals surface area contributed by atoms with Crippen LogP contribution in [0.25, 0.3) is 0 Å². The number of benzene rings is 2. The smallest absolute Gasteiger partial charge is 0.137 e. The number of rotatable bonds is 5. The van der Waals surface area contributed by atoms with Gasteiger partial charge >= 0.3 is 0 Å². The fourth-order valence-electron chi connectivity index (χ4n) is 1.64. The monoisotopic (exact) mass is 322 g/mol. The Bertz CT molecular complexity index is 538. The first-order chi connectivity index (χ1) is 9.24. The summed E-state index contributed by atoms with van der Waals surface area (Å²) in [6.07, 6.45) is 0. The van der Waals surface area contributed by atoms with E-state index in [-0.39, 0.29) is 0 Å². The Hall–Kier alpha value is -1.68. The summed E-state index contributed by atoms with van der Waals surface area (Å²) in [6.45, 7) is 0.496. The van der Waals surface area contributed by atoms with Gasteiger partial charge in [-0.1, -0.05) is 18.2 Å². The number of methoxy groups -OCH3 is 2. The van der Waals surface area contributed by atoms with Gasteiger partial charge in [0.05, 0.1) is 14.2 Å². The lowest BCUT2D eigenvalue weighted by Gasteiger charge is -2.11. The van der Waals surface area contributed by atoms with Crippen molar-refractivity contribution in [1.29, 1.82) is 0 Å². The Kier molecular flexibility index (Phi) is 4.68. The van der Waals surface area contributed by atoms with Crippen LogP contribution in [0.1, 0.15) is 5.56 Å². The summed E-state index contributed by atoms with van der Waals surface area (Å²) in [4.78, 5) is 0. The first kappa shape index (κ1) is 13.7.